The van der Waals surface area contributed by atoms with E-state index < -0.39 is 10.0 Å². The molecule has 1 aromatic carbocycles. The number of sulfonamides is 1. The Bertz CT molecular complexity index is 526. The van der Waals surface area contributed by atoms with Crippen molar-refractivity contribution in [3.8, 4) is 0 Å². The molecule has 0 radical (unpaired) electrons. The Balaban J connectivity index is 2.14. The third-order valence-electron chi connectivity index (χ3n) is 3.60. The van der Waals surface area contributed by atoms with E-state index in [0.29, 0.717) is 4.90 Å². The molecule has 106 valence electrons. The molecule has 0 amide bonds. The SMILES string of the molecule is Cc1cc(C)cc(S(=O)(=O)NC2CCC(N)CC2)c1. The van der Waals surface area contributed by atoms with Crippen LogP contribution in [0.15, 0.2) is 23.1 Å². The van der Waals surface area contributed by atoms with Gasteiger partial charge >= 0.3 is 0 Å². The van der Waals surface area contributed by atoms with Gasteiger partial charge in [0.15, 0.2) is 0 Å². The first-order valence-electron chi connectivity index (χ1n) is 6.73. The molecule has 5 heteroatoms. The molecule has 1 aliphatic rings. The van der Waals surface area contributed by atoms with Crippen molar-refractivity contribution in [2.45, 2.75) is 56.5 Å². The third-order valence-corrected chi connectivity index (χ3v) is 5.10. The highest BCUT2D eigenvalue weighted by molar-refractivity contribution is 7.89. The van der Waals surface area contributed by atoms with E-state index in [1.54, 1.807) is 12.1 Å². The van der Waals surface area contributed by atoms with E-state index >= 15 is 0 Å². The highest BCUT2D eigenvalue weighted by Gasteiger charge is 2.24. The molecule has 0 saturated heterocycles. The van der Waals surface area contributed by atoms with Gasteiger partial charge in [0.1, 0.15) is 0 Å². The van der Waals surface area contributed by atoms with Gasteiger partial charge in [0.2, 0.25) is 10.0 Å². The smallest absolute Gasteiger partial charge is 0.240 e. The van der Waals surface area contributed by atoms with Crippen molar-refractivity contribution >= 4 is 10.0 Å². The largest absolute Gasteiger partial charge is 0.328 e. The fraction of sp³-hybridized carbons (Fsp3) is 0.571. The van der Waals surface area contributed by atoms with Crippen molar-refractivity contribution < 1.29 is 8.42 Å². The minimum absolute atomic E-state index is 0.0191. The molecule has 0 atom stereocenters. The molecular weight excluding hydrogens is 260 g/mol. The van der Waals surface area contributed by atoms with Crippen molar-refractivity contribution in [3.05, 3.63) is 29.3 Å². The summed E-state index contributed by atoms with van der Waals surface area (Å²) in [7, 11) is -3.41. The molecule has 1 aliphatic carbocycles. The van der Waals surface area contributed by atoms with Crippen LogP contribution in [0.25, 0.3) is 0 Å². The molecule has 0 aliphatic heterocycles. The van der Waals surface area contributed by atoms with Gasteiger partial charge in [0.05, 0.1) is 4.90 Å². The lowest BCUT2D eigenvalue weighted by molar-refractivity contribution is 0.373. The molecule has 2 rings (SSSR count). The quantitative estimate of drug-likeness (QED) is 0.888. The summed E-state index contributed by atoms with van der Waals surface area (Å²) < 4.78 is 27.5. The zero-order valence-corrected chi connectivity index (χ0v) is 12.3. The van der Waals surface area contributed by atoms with Crippen LogP contribution in [0, 0.1) is 13.8 Å². The Labute approximate surface area is 115 Å². The maximum atomic E-state index is 12.3. The van der Waals surface area contributed by atoms with E-state index in [9.17, 15) is 8.42 Å². The maximum Gasteiger partial charge on any atom is 0.240 e. The molecule has 1 fully saturated rings. The molecule has 4 nitrogen and oxygen atoms in total. The van der Waals surface area contributed by atoms with Gasteiger partial charge in [-0.3, -0.25) is 0 Å². The second-order valence-electron chi connectivity index (χ2n) is 5.56. The average molecular weight is 282 g/mol. The Kier molecular flexibility index (Phi) is 4.28. The zero-order chi connectivity index (χ0) is 14.0. The highest BCUT2D eigenvalue weighted by atomic mass is 32.2. The first-order chi connectivity index (χ1) is 8.87. The van der Waals surface area contributed by atoms with E-state index in [1.165, 1.54) is 0 Å². The number of nitrogens with two attached hydrogens (primary N) is 1. The van der Waals surface area contributed by atoms with Crippen LogP contribution in [0.5, 0.6) is 0 Å². The molecule has 0 spiro atoms. The number of hydrogen-bond donors (Lipinski definition) is 2. The number of hydrogen-bond acceptors (Lipinski definition) is 3. The Hall–Kier alpha value is -0.910. The highest BCUT2D eigenvalue weighted by Crippen LogP contribution is 2.20. The molecule has 0 bridgehead atoms. The summed E-state index contributed by atoms with van der Waals surface area (Å²) in [4.78, 5) is 0.361. The standard InChI is InChI=1S/C14H22N2O2S/c1-10-7-11(2)9-14(8-10)19(17,18)16-13-5-3-12(15)4-6-13/h7-9,12-13,16H,3-6,15H2,1-2H3. The van der Waals surface area contributed by atoms with E-state index in [1.807, 2.05) is 19.9 Å². The van der Waals surface area contributed by atoms with Crippen LogP contribution < -0.4 is 10.5 Å². The molecule has 0 heterocycles. The van der Waals surface area contributed by atoms with Crippen LogP contribution in [-0.2, 0) is 10.0 Å². The van der Waals surface area contributed by atoms with Gasteiger partial charge in [-0.15, -0.1) is 0 Å². The average Bonchev–Trinajstić information content (AvgIpc) is 2.31. The van der Waals surface area contributed by atoms with Crippen LogP contribution >= 0.6 is 0 Å². The van der Waals surface area contributed by atoms with Crippen molar-refractivity contribution in [2.75, 3.05) is 0 Å². The summed E-state index contributed by atoms with van der Waals surface area (Å²) in [6, 6.07) is 5.64. The number of aryl methyl sites for hydroxylation is 2. The monoisotopic (exact) mass is 282 g/mol. The predicted octanol–water partition coefficient (Wildman–Crippen LogP) is 1.85. The summed E-state index contributed by atoms with van der Waals surface area (Å²) in [5, 5.41) is 0. The van der Waals surface area contributed by atoms with Gasteiger partial charge in [-0.25, -0.2) is 13.1 Å². The molecule has 19 heavy (non-hydrogen) atoms. The Morgan fingerprint density at radius 1 is 1.05 bits per heavy atom. The minimum Gasteiger partial charge on any atom is -0.328 e. The summed E-state index contributed by atoms with van der Waals surface area (Å²) in [6.07, 6.45) is 3.43. The van der Waals surface area contributed by atoms with Crippen LogP contribution in [0.3, 0.4) is 0 Å². The lowest BCUT2D eigenvalue weighted by Crippen LogP contribution is -2.40. The number of rotatable bonds is 3. The second kappa shape index (κ2) is 5.61. The van der Waals surface area contributed by atoms with Gasteiger partial charge in [0.25, 0.3) is 0 Å². The van der Waals surface area contributed by atoms with E-state index in [2.05, 4.69) is 4.72 Å². The molecule has 1 saturated carbocycles. The van der Waals surface area contributed by atoms with E-state index in [-0.39, 0.29) is 12.1 Å². The summed E-state index contributed by atoms with van der Waals surface area (Å²) in [5.41, 5.74) is 7.76. The maximum absolute atomic E-state index is 12.3. The fourth-order valence-corrected chi connectivity index (χ4v) is 4.11. The predicted molar refractivity (Wildman–Crippen MR) is 76.5 cm³/mol. The Morgan fingerprint density at radius 2 is 1.58 bits per heavy atom. The summed E-state index contributed by atoms with van der Waals surface area (Å²) in [5.74, 6) is 0. The van der Waals surface area contributed by atoms with Gasteiger partial charge in [-0.05, 0) is 62.8 Å². The molecule has 0 aromatic heterocycles. The van der Waals surface area contributed by atoms with Crippen molar-refractivity contribution in [1.29, 1.82) is 0 Å². The second-order valence-corrected chi connectivity index (χ2v) is 7.27. The first-order valence-corrected chi connectivity index (χ1v) is 8.21. The third kappa shape index (κ3) is 3.78. The van der Waals surface area contributed by atoms with Crippen LogP contribution in [0.1, 0.15) is 36.8 Å². The number of benzene rings is 1. The van der Waals surface area contributed by atoms with Crippen molar-refractivity contribution in [1.82, 2.24) is 4.72 Å². The van der Waals surface area contributed by atoms with Crippen LogP contribution in [0.4, 0.5) is 0 Å². The van der Waals surface area contributed by atoms with Gasteiger partial charge in [0, 0.05) is 12.1 Å². The number of nitrogens with one attached hydrogen (secondary N) is 1. The van der Waals surface area contributed by atoms with Gasteiger partial charge < -0.3 is 5.73 Å². The van der Waals surface area contributed by atoms with E-state index in [4.69, 9.17) is 5.73 Å². The lowest BCUT2D eigenvalue weighted by Gasteiger charge is -2.26. The molecule has 1 aromatic rings. The first kappa shape index (κ1) is 14.5. The molecule has 0 unspecified atom stereocenters. The van der Waals surface area contributed by atoms with Gasteiger partial charge in [-0.2, -0.15) is 0 Å². The van der Waals surface area contributed by atoms with E-state index in [0.717, 1.165) is 36.8 Å². The fourth-order valence-electron chi connectivity index (χ4n) is 2.61. The van der Waals surface area contributed by atoms with Gasteiger partial charge in [-0.1, -0.05) is 6.07 Å². The summed E-state index contributed by atoms with van der Waals surface area (Å²) in [6.45, 7) is 3.82. The zero-order valence-electron chi connectivity index (χ0n) is 11.5. The normalized spacial score (nSPS) is 24.4. The van der Waals surface area contributed by atoms with Crippen molar-refractivity contribution in [2.24, 2.45) is 5.73 Å². The van der Waals surface area contributed by atoms with Crippen LogP contribution in [-0.4, -0.2) is 20.5 Å². The minimum atomic E-state index is -3.41. The topological polar surface area (TPSA) is 72.2 Å². The summed E-state index contributed by atoms with van der Waals surface area (Å²) >= 11 is 0. The molecule has 3 N–H and O–H groups in total. The Morgan fingerprint density at radius 3 is 2.11 bits per heavy atom. The lowest BCUT2D eigenvalue weighted by atomic mass is 9.93. The van der Waals surface area contributed by atoms with Crippen LogP contribution in [0.2, 0.25) is 0 Å². The van der Waals surface area contributed by atoms with Crippen molar-refractivity contribution in [3.63, 3.8) is 0 Å². The molecular formula is C14H22N2O2S.